The first-order chi connectivity index (χ1) is 32.7. The van der Waals surface area contributed by atoms with Crippen molar-refractivity contribution in [1.82, 2.24) is 0 Å². The molecule has 4 aliphatic rings. The van der Waals surface area contributed by atoms with Crippen LogP contribution in [0, 0.1) is 75.0 Å². The van der Waals surface area contributed by atoms with E-state index in [2.05, 4.69) is 156 Å². The molecule has 72 heavy (non-hydrogen) atoms. The van der Waals surface area contributed by atoms with Crippen LogP contribution in [0.2, 0.25) is 0 Å². The van der Waals surface area contributed by atoms with Crippen molar-refractivity contribution in [3.8, 4) is 0 Å². The third-order valence-corrected chi connectivity index (χ3v) is 13.9. The highest BCUT2D eigenvalue weighted by atomic mass is 14.3. The SMILES string of the molecule is C.C.C.C.CC.CC.CC.CC.CC.CC.CC.CC.Cc1ccc2c(c1)CC(C)[C@H](C)C2.Cc1ccc2c(c1)C[C@@H](C)C(C)C2.Cc1cccc2c1CC(C)[C@H](C)C2.Cc1cccc2c1C[C@@H](C)C(C)C2. The molecular weight excluding hydrogens is 865 g/mol. The first kappa shape index (κ1) is 85.6. The number of rotatable bonds is 0. The molecular formula is C72H136. The standard InChI is InChI=1S/4C13H18.8C2H6.4CH4/c2*1-9-4-5-12-7-10(2)11(3)8-13(12)6-9;2*1-9-5-4-6-12-7-10(2)11(3)8-13(9)12;8*1-2;;;;/h4*4-6,10-11H,7-8H2,1-3H3;8*1-2H3;4*1H4/t10?,11-;10-,11?;10?,11-;10-,11?;;;;;;;;;;;;/m1111............/s1. The Balaban J connectivity index is -0.000000113. The molecule has 0 N–H and O–H groups in total. The van der Waals surface area contributed by atoms with Gasteiger partial charge in [0.25, 0.3) is 0 Å². The second-order valence-corrected chi connectivity index (χ2v) is 18.4. The van der Waals surface area contributed by atoms with Crippen LogP contribution >= 0.6 is 0 Å². The highest BCUT2D eigenvalue weighted by Gasteiger charge is 2.24. The number of fused-ring (bicyclic) bond motifs is 4. The Hall–Kier alpha value is -3.12. The van der Waals surface area contributed by atoms with E-state index < -0.39 is 0 Å². The van der Waals surface area contributed by atoms with Crippen molar-refractivity contribution in [2.75, 3.05) is 0 Å². The van der Waals surface area contributed by atoms with Gasteiger partial charge >= 0.3 is 0 Å². The van der Waals surface area contributed by atoms with Crippen LogP contribution in [-0.2, 0) is 51.4 Å². The summed E-state index contributed by atoms with van der Waals surface area (Å²) in [6, 6.07) is 27.3. The molecule has 0 fully saturated rings. The lowest BCUT2D eigenvalue weighted by atomic mass is 9.76. The maximum absolute atomic E-state index is 2.38. The van der Waals surface area contributed by atoms with Crippen LogP contribution < -0.4 is 0 Å². The lowest BCUT2D eigenvalue weighted by molar-refractivity contribution is 0.360. The van der Waals surface area contributed by atoms with Gasteiger partial charge in [-0.1, -0.05) is 280 Å². The van der Waals surface area contributed by atoms with Gasteiger partial charge in [0.1, 0.15) is 0 Å². The van der Waals surface area contributed by atoms with Gasteiger partial charge in [-0.15, -0.1) is 0 Å². The first-order valence-electron chi connectivity index (χ1n) is 29.0. The number of aryl methyl sites for hydroxylation is 4. The van der Waals surface area contributed by atoms with Gasteiger partial charge in [-0.05, 0) is 182 Å². The predicted molar refractivity (Wildman–Crippen MR) is 345 cm³/mol. The van der Waals surface area contributed by atoms with E-state index in [-0.39, 0.29) is 29.7 Å². The van der Waals surface area contributed by atoms with E-state index in [4.69, 9.17) is 0 Å². The summed E-state index contributed by atoms with van der Waals surface area (Å²) >= 11 is 0. The Morgan fingerprint density at radius 1 is 0.250 bits per heavy atom. The van der Waals surface area contributed by atoms with Gasteiger partial charge in [0.2, 0.25) is 0 Å². The molecule has 4 unspecified atom stereocenters. The smallest absolute Gasteiger partial charge is 0.0245 e. The zero-order valence-corrected chi connectivity index (χ0v) is 51.2. The quantitative estimate of drug-likeness (QED) is 0.165. The molecule has 0 heteroatoms. The molecule has 4 aliphatic carbocycles. The van der Waals surface area contributed by atoms with E-state index in [1.807, 2.05) is 111 Å². The second kappa shape index (κ2) is 51.4. The molecule has 0 spiro atoms. The van der Waals surface area contributed by atoms with Gasteiger partial charge in [-0.2, -0.15) is 0 Å². The molecule has 0 saturated heterocycles. The maximum atomic E-state index is 2.38. The molecule has 0 radical (unpaired) electrons. The molecule has 424 valence electrons. The van der Waals surface area contributed by atoms with Crippen molar-refractivity contribution < 1.29 is 0 Å². The Morgan fingerprint density at radius 2 is 0.458 bits per heavy atom. The topological polar surface area (TPSA) is 0 Å². The molecule has 0 nitrogen and oxygen atoms in total. The van der Waals surface area contributed by atoms with Crippen molar-refractivity contribution in [3.05, 3.63) is 140 Å². The van der Waals surface area contributed by atoms with Crippen LogP contribution in [0.1, 0.15) is 263 Å². The van der Waals surface area contributed by atoms with Crippen LogP contribution in [0.15, 0.2) is 72.8 Å². The van der Waals surface area contributed by atoms with Gasteiger partial charge in [-0.25, -0.2) is 0 Å². The minimum absolute atomic E-state index is 0. The normalized spacial score (nSPS) is 20.2. The Kier molecular flexibility index (Phi) is 61.1. The minimum Gasteiger partial charge on any atom is -0.0776 e. The Labute approximate surface area is 459 Å². The van der Waals surface area contributed by atoms with E-state index in [0.29, 0.717) is 0 Å². The summed E-state index contributed by atoms with van der Waals surface area (Å²) in [7, 11) is 0. The average molecular weight is 1000 g/mol. The molecule has 0 aliphatic heterocycles. The van der Waals surface area contributed by atoms with E-state index in [9.17, 15) is 0 Å². The summed E-state index contributed by atoms with van der Waals surface area (Å²) in [4.78, 5) is 0. The van der Waals surface area contributed by atoms with Gasteiger partial charge in [-0.3, -0.25) is 0 Å². The van der Waals surface area contributed by atoms with Gasteiger partial charge in [0.15, 0.2) is 0 Å². The summed E-state index contributed by atoms with van der Waals surface area (Å²) in [5, 5.41) is 0. The average Bonchev–Trinajstić information content (AvgIpc) is 3.37. The summed E-state index contributed by atoms with van der Waals surface area (Å²) in [6.07, 6.45) is 10.2. The zero-order valence-electron chi connectivity index (χ0n) is 51.2. The van der Waals surface area contributed by atoms with Crippen molar-refractivity contribution in [3.63, 3.8) is 0 Å². The number of benzene rings is 4. The third kappa shape index (κ3) is 29.7. The lowest BCUT2D eigenvalue weighted by Crippen LogP contribution is -2.21. The molecule has 8 rings (SSSR count). The summed E-state index contributed by atoms with van der Waals surface area (Å²) in [5.41, 5.74) is 18.5. The monoisotopic (exact) mass is 1000 g/mol. The van der Waals surface area contributed by atoms with Crippen LogP contribution in [0.25, 0.3) is 0 Å². The highest BCUT2D eigenvalue weighted by molar-refractivity contribution is 5.38. The fourth-order valence-electron chi connectivity index (χ4n) is 9.12. The van der Waals surface area contributed by atoms with E-state index >= 15 is 0 Å². The Bertz CT molecular complexity index is 1630. The highest BCUT2D eigenvalue weighted by Crippen LogP contribution is 2.34. The van der Waals surface area contributed by atoms with E-state index in [1.165, 1.54) is 73.6 Å². The summed E-state index contributed by atoms with van der Waals surface area (Å²) in [5.74, 6) is 6.85. The van der Waals surface area contributed by atoms with Crippen molar-refractivity contribution in [1.29, 1.82) is 0 Å². The summed E-state index contributed by atoms with van der Waals surface area (Å²) in [6.45, 7) is 59.8. The Morgan fingerprint density at radius 3 is 0.708 bits per heavy atom. The number of hydrogen-bond donors (Lipinski definition) is 0. The van der Waals surface area contributed by atoms with Crippen molar-refractivity contribution in [2.45, 2.75) is 275 Å². The number of hydrogen-bond acceptors (Lipinski definition) is 0. The summed E-state index contributed by atoms with van der Waals surface area (Å²) < 4.78 is 0. The van der Waals surface area contributed by atoms with Crippen molar-refractivity contribution in [2.24, 2.45) is 47.3 Å². The minimum atomic E-state index is 0. The van der Waals surface area contributed by atoms with Crippen LogP contribution in [0.5, 0.6) is 0 Å². The molecule has 0 amide bonds. The van der Waals surface area contributed by atoms with Crippen LogP contribution in [-0.4, -0.2) is 0 Å². The molecule has 0 bridgehead atoms. The molecule has 8 atom stereocenters. The largest absolute Gasteiger partial charge is 0.0776 e. The first-order valence-corrected chi connectivity index (χ1v) is 29.0. The molecule has 4 aromatic carbocycles. The zero-order chi connectivity index (χ0) is 53.7. The maximum Gasteiger partial charge on any atom is -0.0245 e. The lowest BCUT2D eigenvalue weighted by Gasteiger charge is -2.29. The predicted octanol–water partition coefficient (Wildman–Crippen LogP) is 24.2. The van der Waals surface area contributed by atoms with Crippen LogP contribution in [0.3, 0.4) is 0 Å². The molecule has 0 heterocycles. The molecule has 0 aromatic heterocycles. The van der Waals surface area contributed by atoms with Gasteiger partial charge in [0.05, 0.1) is 0 Å². The fraction of sp³-hybridized carbons (Fsp3) is 0.667. The van der Waals surface area contributed by atoms with E-state index in [0.717, 1.165) is 47.3 Å². The third-order valence-electron chi connectivity index (χ3n) is 13.9. The second-order valence-electron chi connectivity index (χ2n) is 18.4. The van der Waals surface area contributed by atoms with Gasteiger partial charge in [0, 0.05) is 0 Å². The fourth-order valence-corrected chi connectivity index (χ4v) is 9.12. The van der Waals surface area contributed by atoms with Crippen molar-refractivity contribution >= 4 is 0 Å². The molecule has 0 saturated carbocycles. The van der Waals surface area contributed by atoms with Gasteiger partial charge < -0.3 is 0 Å². The van der Waals surface area contributed by atoms with Crippen LogP contribution in [0.4, 0.5) is 0 Å². The van der Waals surface area contributed by atoms with E-state index in [1.54, 1.807) is 44.5 Å². The molecule has 4 aromatic rings.